The van der Waals surface area contributed by atoms with Crippen molar-refractivity contribution in [3.63, 3.8) is 0 Å². The van der Waals surface area contributed by atoms with Gasteiger partial charge in [-0.15, -0.1) is 0 Å². The number of aryl methyl sites for hydroxylation is 3. The fourth-order valence-corrected chi connectivity index (χ4v) is 4.12. The van der Waals surface area contributed by atoms with E-state index in [0.717, 1.165) is 58.4 Å². The van der Waals surface area contributed by atoms with Crippen molar-refractivity contribution >= 4 is 29.1 Å². The number of ether oxygens (including phenoxy) is 3. The summed E-state index contributed by atoms with van der Waals surface area (Å²) in [6.07, 6.45) is 6.48. The molecule has 0 radical (unpaired) electrons. The van der Waals surface area contributed by atoms with E-state index in [2.05, 4.69) is 38.4 Å². The number of nitrogens with one attached hydrogen (secondary N) is 3. The summed E-state index contributed by atoms with van der Waals surface area (Å²) < 4.78 is 42.2. The number of nitrogens with two attached hydrogens (primary N) is 2. The van der Waals surface area contributed by atoms with E-state index < -0.39 is 29.0 Å². The van der Waals surface area contributed by atoms with Gasteiger partial charge in [0.2, 0.25) is 0 Å². The maximum absolute atomic E-state index is 11.7. The molecule has 0 saturated carbocycles. The highest BCUT2D eigenvalue weighted by Crippen LogP contribution is 2.09. The third kappa shape index (κ3) is 23.1. The van der Waals surface area contributed by atoms with Crippen LogP contribution in [0, 0.1) is 20.8 Å². The molecule has 0 fully saturated rings. The number of hydrogen-bond acceptors (Lipinski definition) is 19. The lowest BCUT2D eigenvalue weighted by Crippen LogP contribution is -2.25. The van der Waals surface area contributed by atoms with Crippen LogP contribution in [-0.2, 0) is 38.8 Å². The number of rotatable bonds is 23. The van der Waals surface area contributed by atoms with Crippen molar-refractivity contribution in [3.8, 4) is 0 Å². The second-order valence-corrected chi connectivity index (χ2v) is 11.6. The van der Waals surface area contributed by atoms with Crippen molar-refractivity contribution in [1.29, 1.82) is 0 Å². The van der Waals surface area contributed by atoms with Gasteiger partial charge in [0.1, 0.15) is 0 Å². The third-order valence-electron chi connectivity index (χ3n) is 6.94. The summed E-state index contributed by atoms with van der Waals surface area (Å²) in [6.45, 7) is 9.63. The van der Waals surface area contributed by atoms with Gasteiger partial charge in [0.05, 0.1) is 0 Å². The largest absolute Gasteiger partial charge is 0.519 e. The zero-order chi connectivity index (χ0) is 40.1. The van der Waals surface area contributed by atoms with Gasteiger partial charge in [0, 0.05) is 37.7 Å². The number of esters is 1. The van der Waals surface area contributed by atoms with Crippen LogP contribution in [0.25, 0.3) is 0 Å². The maximum atomic E-state index is 11.7. The minimum atomic E-state index is -0.960. The first-order valence-corrected chi connectivity index (χ1v) is 17.7. The molecule has 0 aliphatic rings. The fraction of sp³-hybridized carbons (Fsp3) is 0.636. The lowest BCUT2D eigenvalue weighted by Gasteiger charge is -2.07. The van der Waals surface area contributed by atoms with Crippen LogP contribution in [0.15, 0.2) is 40.9 Å². The van der Waals surface area contributed by atoms with Gasteiger partial charge in [-0.2, -0.15) is 0 Å². The Kier molecular flexibility index (Phi) is 25.3. The summed E-state index contributed by atoms with van der Waals surface area (Å²) in [6, 6.07) is 0. The van der Waals surface area contributed by atoms with Crippen molar-refractivity contribution in [2.75, 3.05) is 45.8 Å². The Labute approximate surface area is 315 Å². The topological polar surface area (TPSA) is 297 Å². The minimum absolute atomic E-state index is 0.120. The molecule has 7 N–H and O–H groups in total. The van der Waals surface area contributed by atoms with E-state index in [1.165, 1.54) is 19.8 Å². The van der Waals surface area contributed by atoms with Gasteiger partial charge in [-0.3, -0.25) is 4.79 Å². The summed E-state index contributed by atoms with van der Waals surface area (Å²) in [4.78, 5) is 65.6. The second-order valence-electron chi connectivity index (χ2n) is 11.3. The predicted molar refractivity (Wildman–Crippen MR) is 191 cm³/mol. The van der Waals surface area contributed by atoms with Crippen molar-refractivity contribution < 1.29 is 55.1 Å². The van der Waals surface area contributed by atoms with E-state index in [1.54, 1.807) is 13.8 Å². The smallest absolute Gasteiger partial charge is 0.457 e. The van der Waals surface area contributed by atoms with Gasteiger partial charge in [-0.05, 0) is 79.1 Å². The number of carbonyl (C=O) groups is 3. The van der Waals surface area contributed by atoms with E-state index in [9.17, 15) is 28.8 Å². The highest BCUT2D eigenvalue weighted by molar-refractivity contribution is 6.61. The first-order chi connectivity index (χ1) is 25.9. The highest BCUT2D eigenvalue weighted by Gasteiger charge is 2.13. The average Bonchev–Trinajstić information content (AvgIpc) is 3.76. The van der Waals surface area contributed by atoms with Crippen LogP contribution in [0.3, 0.4) is 0 Å². The molecule has 0 atom stereocenters. The molecule has 0 saturated heterocycles. The molecule has 54 heavy (non-hydrogen) atoms. The number of unbranched alkanes of at least 4 members (excludes halogenated alkanes) is 4. The molecule has 306 valence electrons. The van der Waals surface area contributed by atoms with Crippen LogP contribution in [-0.4, -0.2) is 63.3 Å². The molecule has 0 unspecified atom stereocenters. The van der Waals surface area contributed by atoms with E-state index >= 15 is 0 Å². The van der Waals surface area contributed by atoms with Crippen LogP contribution in [0.4, 0.5) is 9.59 Å². The summed E-state index contributed by atoms with van der Waals surface area (Å²) >= 11 is 4.88. The van der Waals surface area contributed by atoms with Crippen molar-refractivity contribution in [3.05, 3.63) is 66.4 Å². The molecule has 0 aliphatic carbocycles. The Bertz CT molecular complexity index is 1570. The summed E-state index contributed by atoms with van der Waals surface area (Å²) in [5.74, 6) is -1.42. The zero-order valence-corrected chi connectivity index (χ0v) is 31.6. The minimum Gasteiger partial charge on any atom is -0.457 e. The number of amides is 1. The highest BCUT2D eigenvalue weighted by atomic mass is 35.5. The van der Waals surface area contributed by atoms with E-state index in [0.29, 0.717) is 25.3 Å². The Balaban J connectivity index is 0.000000537. The molecule has 3 heterocycles. The van der Waals surface area contributed by atoms with Crippen LogP contribution in [0.1, 0.15) is 85.9 Å². The monoisotopic (exact) mass is 793 g/mol. The Hall–Kier alpha value is -4.63. The fourth-order valence-electron chi connectivity index (χ4n) is 4.06. The first kappa shape index (κ1) is 47.4. The lowest BCUT2D eigenvalue weighted by molar-refractivity contribution is -0.145. The maximum Gasteiger partial charge on any atom is 0.519 e. The van der Waals surface area contributed by atoms with Gasteiger partial charge in [-0.1, -0.05) is 12.8 Å². The van der Waals surface area contributed by atoms with Crippen LogP contribution in [0.2, 0.25) is 0 Å². The lowest BCUT2D eigenvalue weighted by atomic mass is 10.2. The van der Waals surface area contributed by atoms with Crippen LogP contribution < -0.4 is 44.9 Å². The first-order valence-electron chi connectivity index (χ1n) is 17.3. The van der Waals surface area contributed by atoms with E-state index in [-0.39, 0.29) is 61.0 Å². The molecule has 3 aromatic rings. The van der Waals surface area contributed by atoms with Gasteiger partial charge in [-0.25, -0.2) is 24.0 Å². The van der Waals surface area contributed by atoms with Crippen LogP contribution >= 0.6 is 11.6 Å². The summed E-state index contributed by atoms with van der Waals surface area (Å²) in [5.41, 5.74) is 9.66. The quantitative estimate of drug-likeness (QED) is 0.0399. The molecule has 0 aromatic carbocycles. The molecule has 1 amide bonds. The molecule has 3 aromatic heterocycles. The number of halogens is 1. The van der Waals surface area contributed by atoms with Gasteiger partial charge >= 0.3 is 35.0 Å². The average molecular weight is 794 g/mol. The van der Waals surface area contributed by atoms with Crippen molar-refractivity contribution in [2.24, 2.45) is 11.5 Å². The van der Waals surface area contributed by atoms with Crippen LogP contribution in [0.5, 0.6) is 0 Å². The van der Waals surface area contributed by atoms with Gasteiger partial charge < -0.3 is 68.1 Å². The van der Waals surface area contributed by atoms with E-state index in [4.69, 9.17) is 41.4 Å². The molecule has 20 nitrogen and oxygen atoms in total. The molecular weight excluding hydrogens is 742 g/mol. The molecular formula is C33H52ClN5O15. The van der Waals surface area contributed by atoms with Crippen molar-refractivity contribution in [1.82, 2.24) is 16.0 Å². The van der Waals surface area contributed by atoms with Gasteiger partial charge in [0.25, 0.3) is 0 Å². The standard InChI is InChI=1S/C20H28N2O10.C7H19N3.C6H5ClO5/c1-13-15(31-19(25)29-13)11-27-17(23)7-6-9-21-8-4-3-5-10-22-18(24)28-12-16-14(2)30-20(26)32-16;8-4-2-1-3-6-10-7-5-9;1-3-4(2-10-5(7)8)12-6(9)11-3/h21H,3-12H2,1-2H3,(H,22,24);10H,1-9H2;2H2,1H3. The van der Waals surface area contributed by atoms with Gasteiger partial charge in [0.15, 0.2) is 54.4 Å². The third-order valence-corrected chi connectivity index (χ3v) is 7.04. The Morgan fingerprint density at radius 1 is 0.556 bits per heavy atom. The predicted octanol–water partition coefficient (Wildman–Crippen LogP) is 2.99. The zero-order valence-electron chi connectivity index (χ0n) is 30.9. The SMILES string of the molecule is Cc1oc(=O)oc1COC(=O)CCCNCCCCCNC(=O)OCc1oc(=O)oc1C.Cc1oc(=O)oc1COC(=O)Cl.NCCCCCNCCN. The summed E-state index contributed by atoms with van der Waals surface area (Å²) in [5, 5.41) is 9.08. The van der Waals surface area contributed by atoms with Crippen molar-refractivity contribution in [2.45, 2.75) is 92.0 Å². The van der Waals surface area contributed by atoms with E-state index in [1.807, 2.05) is 0 Å². The molecule has 21 heteroatoms. The Morgan fingerprint density at radius 2 is 1.00 bits per heavy atom. The Morgan fingerprint density at radius 3 is 1.46 bits per heavy atom. The normalized spacial score (nSPS) is 10.5. The number of alkyl carbamates (subject to hydrolysis) is 1. The summed E-state index contributed by atoms with van der Waals surface area (Å²) in [7, 11) is 0. The molecule has 0 bridgehead atoms. The molecule has 0 aliphatic heterocycles. The number of carbonyl (C=O) groups excluding carboxylic acids is 3. The second kappa shape index (κ2) is 28.8. The molecule has 3 rings (SSSR count). The molecule has 0 spiro atoms. The number of hydrogen-bond donors (Lipinski definition) is 5.